The Kier molecular flexibility index (Phi) is 8.86. The number of benzene rings is 2. The van der Waals surface area contributed by atoms with E-state index in [0.29, 0.717) is 50.1 Å². The molecule has 200 valence electrons. The molecular weight excluding hydrogens is 480 g/mol. The molecule has 37 heavy (non-hydrogen) atoms. The number of carboxylic acid groups (broad SMARTS) is 1. The van der Waals surface area contributed by atoms with E-state index in [1.165, 1.54) is 0 Å². The molecule has 0 unspecified atom stereocenters. The first-order valence-electron chi connectivity index (χ1n) is 12.2. The lowest BCUT2D eigenvalue weighted by molar-refractivity contribution is -0.144. The van der Waals surface area contributed by atoms with Crippen molar-refractivity contribution in [3.05, 3.63) is 53.6 Å². The van der Waals surface area contributed by atoms with Gasteiger partial charge < -0.3 is 33.7 Å². The van der Waals surface area contributed by atoms with Crippen LogP contribution in [0.5, 0.6) is 17.2 Å². The molecule has 3 atom stereocenters. The first-order valence-corrected chi connectivity index (χ1v) is 12.2. The van der Waals surface area contributed by atoms with Gasteiger partial charge in [0.1, 0.15) is 5.75 Å². The Balaban J connectivity index is 1.67. The predicted octanol–water partition coefficient (Wildman–Crippen LogP) is 2.39. The molecule has 0 aliphatic carbocycles. The number of methoxy groups -OCH3 is 3. The molecule has 10 heteroatoms. The van der Waals surface area contributed by atoms with Crippen molar-refractivity contribution in [1.82, 2.24) is 9.80 Å². The van der Waals surface area contributed by atoms with Crippen LogP contribution in [0.15, 0.2) is 42.5 Å². The van der Waals surface area contributed by atoms with Crippen molar-refractivity contribution < 1.29 is 38.4 Å². The third-order valence-electron chi connectivity index (χ3n) is 6.99. The van der Waals surface area contributed by atoms with Gasteiger partial charge in [-0.15, -0.1) is 0 Å². The van der Waals surface area contributed by atoms with Crippen molar-refractivity contribution in [2.45, 2.75) is 12.0 Å². The molecule has 1 N–H and O–H groups in total. The number of likely N-dealkylation sites (tertiary alicyclic amines) is 1. The first kappa shape index (κ1) is 26.7. The van der Waals surface area contributed by atoms with Crippen LogP contribution in [-0.4, -0.2) is 94.3 Å². The van der Waals surface area contributed by atoms with Gasteiger partial charge in [0.2, 0.25) is 12.7 Å². The van der Waals surface area contributed by atoms with Crippen LogP contribution in [0.3, 0.4) is 0 Å². The second kappa shape index (κ2) is 12.3. The zero-order valence-electron chi connectivity index (χ0n) is 21.4. The Labute approximate surface area is 216 Å². The summed E-state index contributed by atoms with van der Waals surface area (Å²) in [7, 11) is 4.76. The van der Waals surface area contributed by atoms with Gasteiger partial charge in [0, 0.05) is 45.8 Å². The summed E-state index contributed by atoms with van der Waals surface area (Å²) < 4.78 is 26.6. The molecule has 0 radical (unpaired) electrons. The summed E-state index contributed by atoms with van der Waals surface area (Å²) >= 11 is 0. The number of hydrogen-bond acceptors (Lipinski definition) is 8. The van der Waals surface area contributed by atoms with Crippen LogP contribution in [-0.2, 0) is 19.1 Å². The maximum Gasteiger partial charge on any atom is 0.309 e. The highest BCUT2D eigenvalue weighted by Crippen LogP contribution is 2.47. The van der Waals surface area contributed by atoms with Gasteiger partial charge in [-0.3, -0.25) is 14.5 Å². The highest BCUT2D eigenvalue weighted by molar-refractivity contribution is 5.79. The Bertz CT molecular complexity index is 1070. The number of carboxylic acids is 1. The van der Waals surface area contributed by atoms with Gasteiger partial charge >= 0.3 is 5.97 Å². The molecule has 0 aromatic heterocycles. The minimum atomic E-state index is -0.922. The van der Waals surface area contributed by atoms with E-state index < -0.39 is 17.9 Å². The first-order chi connectivity index (χ1) is 18.0. The van der Waals surface area contributed by atoms with Gasteiger partial charge in [0.05, 0.1) is 32.8 Å². The lowest BCUT2D eigenvalue weighted by Gasteiger charge is -2.30. The molecule has 2 heterocycles. The number of carbonyl (C=O) groups is 2. The normalized spacial score (nSPS) is 20.7. The molecule has 4 rings (SSSR count). The zero-order valence-corrected chi connectivity index (χ0v) is 21.4. The van der Waals surface area contributed by atoms with E-state index in [2.05, 4.69) is 0 Å². The highest BCUT2D eigenvalue weighted by Gasteiger charge is 2.48. The van der Waals surface area contributed by atoms with Crippen molar-refractivity contribution in [2.75, 3.05) is 67.5 Å². The van der Waals surface area contributed by atoms with Crippen LogP contribution in [0, 0.1) is 5.92 Å². The maximum absolute atomic E-state index is 13.4. The lowest BCUT2D eigenvalue weighted by Crippen LogP contribution is -2.43. The van der Waals surface area contributed by atoms with Crippen LogP contribution >= 0.6 is 0 Å². The number of fused-ring (bicyclic) bond motifs is 1. The summed E-state index contributed by atoms with van der Waals surface area (Å²) in [6.45, 7) is 2.24. The molecule has 0 saturated carbocycles. The second-order valence-electron chi connectivity index (χ2n) is 9.10. The second-order valence-corrected chi connectivity index (χ2v) is 9.10. The monoisotopic (exact) mass is 514 g/mol. The molecule has 0 bridgehead atoms. The van der Waals surface area contributed by atoms with Gasteiger partial charge in [-0.05, 0) is 35.4 Å². The Hall–Kier alpha value is -3.34. The summed E-state index contributed by atoms with van der Waals surface area (Å²) in [5.74, 6) is -0.265. The van der Waals surface area contributed by atoms with E-state index in [0.717, 1.165) is 11.1 Å². The minimum absolute atomic E-state index is 0.0644. The molecule has 1 amide bonds. The van der Waals surface area contributed by atoms with Crippen LogP contribution in [0.2, 0.25) is 0 Å². The summed E-state index contributed by atoms with van der Waals surface area (Å²) in [6, 6.07) is 12.4. The quantitative estimate of drug-likeness (QED) is 0.457. The lowest BCUT2D eigenvalue weighted by atomic mass is 9.82. The molecule has 2 aromatic rings. The van der Waals surface area contributed by atoms with Gasteiger partial charge in [-0.1, -0.05) is 18.2 Å². The molecule has 1 fully saturated rings. The van der Waals surface area contributed by atoms with Crippen molar-refractivity contribution in [1.29, 1.82) is 0 Å². The maximum atomic E-state index is 13.4. The number of carbonyl (C=O) groups excluding carboxylic acids is 1. The van der Waals surface area contributed by atoms with Crippen LogP contribution in [0.4, 0.5) is 0 Å². The van der Waals surface area contributed by atoms with E-state index >= 15 is 0 Å². The standard InChI is InChI=1S/C27H34N2O8/c1-33-12-10-28(11-13-34-2)24(30)16-29-15-21(19-6-9-22-23(14-19)37-17-36-22)25(27(31)32)26(29)18-4-7-20(35-3)8-5-18/h4-9,14,21,25-26H,10-13,15-17H2,1-3H3,(H,31,32)/t21-,25+,26-/m1/s1. The average molecular weight is 515 g/mol. The largest absolute Gasteiger partial charge is 0.497 e. The highest BCUT2D eigenvalue weighted by atomic mass is 16.7. The number of rotatable bonds is 12. The minimum Gasteiger partial charge on any atom is -0.497 e. The van der Waals surface area contributed by atoms with Gasteiger partial charge in [0.25, 0.3) is 0 Å². The SMILES string of the molecule is COCCN(CCOC)C(=O)CN1C[C@H](c2ccc3c(c2)OCO3)[C@H](C(=O)O)[C@H]1c1ccc(OC)cc1. The van der Waals surface area contributed by atoms with E-state index in [1.54, 1.807) is 26.2 Å². The fourth-order valence-corrected chi connectivity index (χ4v) is 5.11. The van der Waals surface area contributed by atoms with Crippen LogP contribution < -0.4 is 14.2 Å². The predicted molar refractivity (Wildman–Crippen MR) is 134 cm³/mol. The molecule has 2 aliphatic rings. The fourth-order valence-electron chi connectivity index (χ4n) is 5.11. The summed E-state index contributed by atoms with van der Waals surface area (Å²) in [4.78, 5) is 29.8. The average Bonchev–Trinajstić information content (AvgIpc) is 3.53. The summed E-state index contributed by atoms with van der Waals surface area (Å²) in [6.07, 6.45) is 0. The molecular formula is C27H34N2O8. The molecule has 1 saturated heterocycles. The number of ether oxygens (including phenoxy) is 5. The van der Waals surface area contributed by atoms with Crippen molar-refractivity contribution in [3.8, 4) is 17.2 Å². The summed E-state index contributed by atoms with van der Waals surface area (Å²) in [5, 5.41) is 10.4. The molecule has 0 spiro atoms. The third-order valence-corrected chi connectivity index (χ3v) is 6.99. The van der Waals surface area contributed by atoms with E-state index in [4.69, 9.17) is 23.7 Å². The third kappa shape index (κ3) is 5.98. The fraction of sp³-hybridized carbons (Fsp3) is 0.481. The molecule has 10 nitrogen and oxygen atoms in total. The van der Waals surface area contributed by atoms with Crippen molar-refractivity contribution in [3.63, 3.8) is 0 Å². The number of hydrogen-bond donors (Lipinski definition) is 1. The van der Waals surface area contributed by atoms with Crippen LogP contribution in [0.25, 0.3) is 0 Å². The van der Waals surface area contributed by atoms with Crippen LogP contribution in [0.1, 0.15) is 23.1 Å². The Morgan fingerprint density at radius 2 is 1.62 bits per heavy atom. The van der Waals surface area contributed by atoms with Gasteiger partial charge in [0.15, 0.2) is 11.5 Å². The summed E-state index contributed by atoms with van der Waals surface area (Å²) in [5.41, 5.74) is 1.64. The molecule has 2 aromatic carbocycles. The Morgan fingerprint density at radius 1 is 0.973 bits per heavy atom. The van der Waals surface area contributed by atoms with E-state index in [-0.39, 0.29) is 25.2 Å². The van der Waals surface area contributed by atoms with E-state index in [1.807, 2.05) is 47.4 Å². The van der Waals surface area contributed by atoms with E-state index in [9.17, 15) is 14.7 Å². The number of aliphatic carboxylic acids is 1. The topological polar surface area (TPSA) is 107 Å². The van der Waals surface area contributed by atoms with Crippen molar-refractivity contribution >= 4 is 11.9 Å². The zero-order chi connectivity index (χ0) is 26.4. The number of amides is 1. The smallest absolute Gasteiger partial charge is 0.309 e. The van der Waals surface area contributed by atoms with Gasteiger partial charge in [-0.25, -0.2) is 0 Å². The molecule has 2 aliphatic heterocycles. The Morgan fingerprint density at radius 3 is 2.24 bits per heavy atom. The number of nitrogens with zero attached hydrogens (tertiary/aromatic N) is 2. The van der Waals surface area contributed by atoms with Gasteiger partial charge in [-0.2, -0.15) is 0 Å². The van der Waals surface area contributed by atoms with Crippen molar-refractivity contribution in [2.24, 2.45) is 5.92 Å².